The first-order chi connectivity index (χ1) is 14.2. The molecule has 2 N–H and O–H groups in total. The van der Waals surface area contributed by atoms with Crippen LogP contribution >= 0.6 is 0 Å². The van der Waals surface area contributed by atoms with Crippen molar-refractivity contribution in [3.05, 3.63) is 81.3 Å². The molecule has 2 aromatic carbocycles. The molecule has 0 fully saturated rings. The summed E-state index contributed by atoms with van der Waals surface area (Å²) in [5.41, 5.74) is 5.61. The van der Waals surface area contributed by atoms with Crippen LogP contribution in [0.25, 0.3) is 11.4 Å². The Morgan fingerprint density at radius 1 is 1.03 bits per heavy atom. The molecule has 146 valence electrons. The van der Waals surface area contributed by atoms with E-state index in [-0.39, 0.29) is 11.6 Å². The summed E-state index contributed by atoms with van der Waals surface area (Å²) >= 11 is 0. The van der Waals surface area contributed by atoms with E-state index < -0.39 is 0 Å². The molecule has 1 aromatic heterocycles. The number of aromatic nitrogens is 2. The predicted octanol–water partition coefficient (Wildman–Crippen LogP) is 3.52. The van der Waals surface area contributed by atoms with Gasteiger partial charge in [-0.15, -0.1) is 0 Å². The summed E-state index contributed by atoms with van der Waals surface area (Å²) in [7, 11) is 0. The molecule has 0 saturated carbocycles. The summed E-state index contributed by atoms with van der Waals surface area (Å²) < 4.78 is 0. The standard InChI is InChI=1S/C23H22N4O2/c28-22-19-11-12-27(14-20(19)25-21(26-22)16-5-2-1-3-6-16)23(29)24-18-10-9-15-7-4-8-17(15)13-18/h1-3,5-6,9-10,13H,4,7-8,11-12,14H2,(H,24,29)(H,25,26,28). The maximum absolute atomic E-state index is 12.8. The maximum Gasteiger partial charge on any atom is 0.322 e. The second-order valence-corrected chi connectivity index (χ2v) is 7.64. The number of aromatic amines is 1. The molecule has 0 radical (unpaired) electrons. The fourth-order valence-corrected chi connectivity index (χ4v) is 4.20. The summed E-state index contributed by atoms with van der Waals surface area (Å²) in [5, 5.41) is 3.01. The van der Waals surface area contributed by atoms with Gasteiger partial charge >= 0.3 is 6.03 Å². The summed E-state index contributed by atoms with van der Waals surface area (Å²) in [6.45, 7) is 0.828. The van der Waals surface area contributed by atoms with E-state index in [1.807, 2.05) is 36.4 Å². The zero-order valence-electron chi connectivity index (χ0n) is 16.1. The monoisotopic (exact) mass is 386 g/mol. The second-order valence-electron chi connectivity index (χ2n) is 7.64. The predicted molar refractivity (Wildman–Crippen MR) is 112 cm³/mol. The van der Waals surface area contributed by atoms with Crippen molar-refractivity contribution in [3.63, 3.8) is 0 Å². The molecular formula is C23H22N4O2. The van der Waals surface area contributed by atoms with Gasteiger partial charge < -0.3 is 15.2 Å². The number of urea groups is 1. The Bertz CT molecular complexity index is 1140. The van der Waals surface area contributed by atoms with E-state index in [4.69, 9.17) is 0 Å². The quantitative estimate of drug-likeness (QED) is 0.707. The Kier molecular flexibility index (Phi) is 4.39. The Morgan fingerprint density at radius 3 is 2.72 bits per heavy atom. The van der Waals surface area contributed by atoms with Crippen molar-refractivity contribution in [1.29, 1.82) is 0 Å². The number of nitrogens with zero attached hydrogens (tertiary/aromatic N) is 2. The molecule has 2 heterocycles. The van der Waals surface area contributed by atoms with Crippen molar-refractivity contribution in [2.75, 3.05) is 11.9 Å². The van der Waals surface area contributed by atoms with Gasteiger partial charge in [-0.05, 0) is 48.9 Å². The number of hydrogen-bond acceptors (Lipinski definition) is 3. The topological polar surface area (TPSA) is 78.1 Å². The Balaban J connectivity index is 1.36. The molecule has 29 heavy (non-hydrogen) atoms. The van der Waals surface area contributed by atoms with E-state index >= 15 is 0 Å². The van der Waals surface area contributed by atoms with Gasteiger partial charge in [0.2, 0.25) is 0 Å². The van der Waals surface area contributed by atoms with Crippen LogP contribution in [0.5, 0.6) is 0 Å². The number of hydrogen-bond donors (Lipinski definition) is 2. The van der Waals surface area contributed by atoms with Crippen molar-refractivity contribution >= 4 is 11.7 Å². The molecule has 3 aromatic rings. The third-order valence-electron chi connectivity index (χ3n) is 5.76. The van der Waals surface area contributed by atoms with E-state index in [1.54, 1.807) is 4.90 Å². The molecule has 5 rings (SSSR count). The number of benzene rings is 2. The molecule has 6 nitrogen and oxygen atoms in total. The van der Waals surface area contributed by atoms with E-state index in [0.29, 0.717) is 36.6 Å². The molecule has 6 heteroatoms. The third-order valence-corrected chi connectivity index (χ3v) is 5.76. The summed E-state index contributed by atoms with van der Waals surface area (Å²) in [5.74, 6) is 0.537. The lowest BCUT2D eigenvalue weighted by Gasteiger charge is -2.28. The lowest BCUT2D eigenvalue weighted by Crippen LogP contribution is -2.41. The normalized spacial score (nSPS) is 15.0. The highest BCUT2D eigenvalue weighted by atomic mass is 16.2. The second kappa shape index (κ2) is 7.20. The van der Waals surface area contributed by atoms with E-state index in [9.17, 15) is 9.59 Å². The van der Waals surface area contributed by atoms with Crippen LogP contribution in [-0.2, 0) is 25.8 Å². The minimum Gasteiger partial charge on any atom is -0.318 e. The zero-order valence-corrected chi connectivity index (χ0v) is 16.1. The lowest BCUT2D eigenvalue weighted by atomic mass is 10.1. The SMILES string of the molecule is O=C(Nc1ccc2c(c1)CCC2)N1CCc2c(nc(-c3ccccc3)[nH]c2=O)C1. The highest BCUT2D eigenvalue weighted by molar-refractivity contribution is 5.89. The van der Waals surface area contributed by atoms with Crippen LogP contribution in [-0.4, -0.2) is 27.4 Å². The third kappa shape index (κ3) is 3.42. The first-order valence-corrected chi connectivity index (χ1v) is 10.0. The number of aryl methyl sites for hydroxylation is 2. The first kappa shape index (κ1) is 17.7. The minimum absolute atomic E-state index is 0.118. The van der Waals surface area contributed by atoms with Crippen LogP contribution in [0.3, 0.4) is 0 Å². The van der Waals surface area contributed by atoms with Crippen LogP contribution in [0.4, 0.5) is 10.5 Å². The molecule has 2 aliphatic rings. The van der Waals surface area contributed by atoms with Crippen LogP contribution in [0.1, 0.15) is 28.8 Å². The van der Waals surface area contributed by atoms with E-state index in [2.05, 4.69) is 27.4 Å². The van der Waals surface area contributed by atoms with Gasteiger partial charge in [0.25, 0.3) is 5.56 Å². The van der Waals surface area contributed by atoms with E-state index in [1.165, 1.54) is 17.5 Å². The van der Waals surface area contributed by atoms with Crippen molar-refractivity contribution < 1.29 is 4.79 Å². The van der Waals surface area contributed by atoms with E-state index in [0.717, 1.165) is 24.1 Å². The van der Waals surface area contributed by atoms with Gasteiger partial charge in [-0.1, -0.05) is 36.4 Å². The van der Waals surface area contributed by atoms with Crippen LogP contribution in [0, 0.1) is 0 Å². The van der Waals surface area contributed by atoms with Gasteiger partial charge in [0.15, 0.2) is 0 Å². The highest BCUT2D eigenvalue weighted by Crippen LogP contribution is 2.25. The molecule has 2 amide bonds. The summed E-state index contributed by atoms with van der Waals surface area (Å²) in [4.78, 5) is 34.6. The van der Waals surface area contributed by atoms with Gasteiger partial charge in [-0.2, -0.15) is 0 Å². The molecule has 0 bridgehead atoms. The lowest BCUT2D eigenvalue weighted by molar-refractivity contribution is 0.205. The number of anilines is 1. The average Bonchev–Trinajstić information content (AvgIpc) is 3.22. The highest BCUT2D eigenvalue weighted by Gasteiger charge is 2.25. The average molecular weight is 386 g/mol. The molecule has 0 unspecified atom stereocenters. The summed E-state index contributed by atoms with van der Waals surface area (Å²) in [6.07, 6.45) is 3.88. The molecule has 1 aliphatic heterocycles. The van der Waals surface area contributed by atoms with Gasteiger partial charge in [0, 0.05) is 23.4 Å². The van der Waals surface area contributed by atoms with Crippen molar-refractivity contribution in [2.24, 2.45) is 0 Å². The van der Waals surface area contributed by atoms with Gasteiger partial charge in [0.1, 0.15) is 5.82 Å². The van der Waals surface area contributed by atoms with Crippen molar-refractivity contribution in [3.8, 4) is 11.4 Å². The Labute approximate surface area is 168 Å². The fourth-order valence-electron chi connectivity index (χ4n) is 4.20. The largest absolute Gasteiger partial charge is 0.322 e. The van der Waals surface area contributed by atoms with Gasteiger partial charge in [-0.25, -0.2) is 9.78 Å². The number of carbonyl (C=O) groups excluding carboxylic acids is 1. The number of amides is 2. The number of carbonyl (C=O) groups is 1. The van der Waals surface area contributed by atoms with Crippen molar-refractivity contribution in [1.82, 2.24) is 14.9 Å². The number of rotatable bonds is 2. The minimum atomic E-state index is -0.156. The zero-order chi connectivity index (χ0) is 19.8. The summed E-state index contributed by atoms with van der Waals surface area (Å²) in [6, 6.07) is 15.6. The molecule has 0 atom stereocenters. The smallest absolute Gasteiger partial charge is 0.318 e. The first-order valence-electron chi connectivity index (χ1n) is 10.0. The van der Waals surface area contributed by atoms with Crippen LogP contribution in [0.2, 0.25) is 0 Å². The Hall–Kier alpha value is -3.41. The Morgan fingerprint density at radius 2 is 1.86 bits per heavy atom. The van der Waals surface area contributed by atoms with Crippen LogP contribution in [0.15, 0.2) is 53.3 Å². The maximum atomic E-state index is 12.8. The molecular weight excluding hydrogens is 364 g/mol. The fraction of sp³-hybridized carbons (Fsp3) is 0.261. The van der Waals surface area contributed by atoms with Gasteiger partial charge in [-0.3, -0.25) is 4.79 Å². The molecule has 0 spiro atoms. The molecule has 1 aliphatic carbocycles. The number of fused-ring (bicyclic) bond motifs is 2. The molecule has 0 saturated heterocycles. The van der Waals surface area contributed by atoms with Gasteiger partial charge in [0.05, 0.1) is 12.2 Å². The van der Waals surface area contributed by atoms with Crippen molar-refractivity contribution in [2.45, 2.75) is 32.2 Å². The van der Waals surface area contributed by atoms with Crippen LogP contribution < -0.4 is 10.9 Å². The number of nitrogens with one attached hydrogen (secondary N) is 2. The number of H-pyrrole nitrogens is 1.